The Hall–Kier alpha value is -2.53. The smallest absolute Gasteiger partial charge is 0.258 e. The third kappa shape index (κ3) is 4.49. The van der Waals surface area contributed by atoms with Gasteiger partial charge < -0.3 is 14.2 Å². The van der Waals surface area contributed by atoms with Crippen molar-refractivity contribution in [1.82, 2.24) is 14.0 Å². The highest BCUT2D eigenvalue weighted by molar-refractivity contribution is 5.87. The molecule has 0 N–H and O–H groups in total. The van der Waals surface area contributed by atoms with Gasteiger partial charge in [-0.2, -0.15) is 0 Å². The molecule has 0 radical (unpaired) electrons. The van der Waals surface area contributed by atoms with E-state index in [-0.39, 0.29) is 5.56 Å². The normalized spacial score (nSPS) is 17.0. The average molecular weight is 436 g/mol. The van der Waals surface area contributed by atoms with E-state index in [4.69, 9.17) is 4.74 Å². The number of hydrogen-bond donors (Lipinski definition) is 0. The number of aryl methyl sites for hydroxylation is 1. The number of rotatable bonds is 4. The first-order valence-electron chi connectivity index (χ1n) is 12.2. The van der Waals surface area contributed by atoms with Crippen molar-refractivity contribution in [2.75, 3.05) is 20.2 Å². The van der Waals surface area contributed by atoms with Gasteiger partial charge in [-0.25, -0.2) is 0 Å². The van der Waals surface area contributed by atoms with Gasteiger partial charge in [0.1, 0.15) is 5.75 Å². The molecule has 0 spiro atoms. The van der Waals surface area contributed by atoms with E-state index < -0.39 is 0 Å². The predicted molar refractivity (Wildman–Crippen MR) is 132 cm³/mol. The Morgan fingerprint density at radius 2 is 1.81 bits per heavy atom. The van der Waals surface area contributed by atoms with Crippen molar-refractivity contribution in [1.29, 1.82) is 0 Å². The summed E-state index contributed by atoms with van der Waals surface area (Å²) in [5.41, 5.74) is 4.88. The molecule has 0 amide bonds. The maximum absolute atomic E-state index is 12.8. The monoisotopic (exact) mass is 435 g/mol. The Morgan fingerprint density at radius 3 is 2.56 bits per heavy atom. The van der Waals surface area contributed by atoms with Gasteiger partial charge >= 0.3 is 0 Å². The van der Waals surface area contributed by atoms with Gasteiger partial charge in [0.25, 0.3) is 5.56 Å². The standard InChI is InChI=1S/C25H31N3O2.C2H6/c1-26-12-11-23-22(16-26)21-9-8-19(14-24(21)27(23)2)28-13-10-20(15-25(28)29)30-17-18-6-4-3-5-7-18;1-2/h8-10,13-15,18H,3-7,11-12,16-17H2,1-2H3;1-2H3. The molecule has 0 unspecified atom stereocenters. The summed E-state index contributed by atoms with van der Waals surface area (Å²) in [5, 5.41) is 1.29. The Labute approximate surface area is 191 Å². The van der Waals surface area contributed by atoms with E-state index in [9.17, 15) is 4.79 Å². The van der Waals surface area contributed by atoms with Crippen LogP contribution in [0.4, 0.5) is 0 Å². The van der Waals surface area contributed by atoms with E-state index in [0.29, 0.717) is 11.7 Å². The van der Waals surface area contributed by atoms with E-state index >= 15 is 0 Å². The second kappa shape index (κ2) is 9.95. The summed E-state index contributed by atoms with van der Waals surface area (Å²) in [6, 6.07) is 9.90. The number of likely N-dealkylation sites (N-methyl/N-ethyl adjacent to an activating group) is 1. The van der Waals surface area contributed by atoms with Gasteiger partial charge in [0, 0.05) is 49.9 Å². The lowest BCUT2D eigenvalue weighted by molar-refractivity contribution is 0.208. The highest BCUT2D eigenvalue weighted by atomic mass is 16.5. The topological polar surface area (TPSA) is 39.4 Å². The highest BCUT2D eigenvalue weighted by Gasteiger charge is 2.21. The van der Waals surface area contributed by atoms with E-state index in [1.165, 1.54) is 54.3 Å². The molecule has 5 heteroatoms. The minimum Gasteiger partial charge on any atom is -0.493 e. The molecule has 1 saturated carbocycles. The fraction of sp³-hybridized carbons (Fsp3) is 0.519. The summed E-state index contributed by atoms with van der Waals surface area (Å²) in [5.74, 6) is 1.31. The first-order valence-corrected chi connectivity index (χ1v) is 12.2. The Bertz CT molecular complexity index is 1120. The third-order valence-electron chi connectivity index (χ3n) is 6.96. The van der Waals surface area contributed by atoms with Crippen LogP contribution in [-0.4, -0.2) is 34.2 Å². The molecular weight excluding hydrogens is 398 g/mol. The predicted octanol–water partition coefficient (Wildman–Crippen LogP) is 5.30. The summed E-state index contributed by atoms with van der Waals surface area (Å²) in [4.78, 5) is 15.2. The molecule has 0 atom stereocenters. The minimum atomic E-state index is -0.0470. The molecule has 3 aromatic rings. The SMILES string of the molecule is CC.CN1CCc2c(c3ccc(-n4ccc(OCC5CCCCC5)cc4=O)cc3n2C)C1. The molecule has 1 aromatic carbocycles. The zero-order valence-electron chi connectivity index (χ0n) is 20.1. The van der Waals surface area contributed by atoms with Crippen LogP contribution < -0.4 is 10.3 Å². The van der Waals surface area contributed by atoms with Crippen LogP contribution in [0.2, 0.25) is 0 Å². The number of fused-ring (bicyclic) bond motifs is 3. The van der Waals surface area contributed by atoms with Crippen LogP contribution in [0, 0.1) is 5.92 Å². The highest BCUT2D eigenvalue weighted by Crippen LogP contribution is 2.31. The lowest BCUT2D eigenvalue weighted by Gasteiger charge is -2.23. The van der Waals surface area contributed by atoms with Crippen LogP contribution in [0.25, 0.3) is 16.6 Å². The van der Waals surface area contributed by atoms with Crippen molar-refractivity contribution in [2.24, 2.45) is 13.0 Å². The Morgan fingerprint density at radius 1 is 1.03 bits per heavy atom. The zero-order valence-corrected chi connectivity index (χ0v) is 20.1. The zero-order chi connectivity index (χ0) is 22.7. The number of ether oxygens (including phenoxy) is 1. The number of aromatic nitrogens is 2. The van der Waals surface area contributed by atoms with Gasteiger partial charge in [0.15, 0.2) is 0 Å². The minimum absolute atomic E-state index is 0.0470. The number of pyridine rings is 1. The van der Waals surface area contributed by atoms with Crippen LogP contribution in [0.15, 0.2) is 41.3 Å². The largest absolute Gasteiger partial charge is 0.493 e. The van der Waals surface area contributed by atoms with E-state index in [1.807, 2.05) is 26.1 Å². The van der Waals surface area contributed by atoms with Crippen LogP contribution in [-0.2, 0) is 20.0 Å². The lowest BCUT2D eigenvalue weighted by atomic mass is 9.90. The van der Waals surface area contributed by atoms with E-state index in [1.54, 1.807) is 10.6 Å². The molecule has 172 valence electrons. The van der Waals surface area contributed by atoms with Crippen molar-refractivity contribution in [2.45, 2.75) is 58.9 Å². The molecular formula is C27H37N3O2. The lowest BCUT2D eigenvalue weighted by Crippen LogP contribution is -2.26. The van der Waals surface area contributed by atoms with Crippen LogP contribution >= 0.6 is 0 Å². The molecule has 3 heterocycles. The molecule has 0 saturated heterocycles. The summed E-state index contributed by atoms with van der Waals surface area (Å²) >= 11 is 0. The summed E-state index contributed by atoms with van der Waals surface area (Å²) in [7, 11) is 4.31. The van der Waals surface area contributed by atoms with Crippen LogP contribution in [0.3, 0.4) is 0 Å². The summed E-state index contributed by atoms with van der Waals surface area (Å²) in [6.07, 6.45) is 9.35. The van der Waals surface area contributed by atoms with Gasteiger partial charge in [-0.1, -0.05) is 39.2 Å². The van der Waals surface area contributed by atoms with Crippen molar-refractivity contribution < 1.29 is 4.74 Å². The van der Waals surface area contributed by atoms with Crippen molar-refractivity contribution in [3.8, 4) is 11.4 Å². The number of nitrogens with zero attached hydrogens (tertiary/aromatic N) is 3. The van der Waals surface area contributed by atoms with E-state index in [2.05, 4.69) is 41.8 Å². The number of hydrogen-bond acceptors (Lipinski definition) is 3. The third-order valence-corrected chi connectivity index (χ3v) is 6.96. The Kier molecular flexibility index (Phi) is 7.04. The molecule has 1 fully saturated rings. The first-order chi connectivity index (χ1) is 15.6. The maximum atomic E-state index is 12.8. The van der Waals surface area contributed by atoms with Gasteiger partial charge in [0.2, 0.25) is 0 Å². The molecule has 5 rings (SSSR count). The first kappa shape index (κ1) is 22.7. The fourth-order valence-corrected chi connectivity index (χ4v) is 5.18. The molecule has 2 aliphatic rings. The second-order valence-electron chi connectivity index (χ2n) is 9.06. The molecule has 1 aliphatic heterocycles. The molecule has 2 aromatic heterocycles. The van der Waals surface area contributed by atoms with Gasteiger partial charge in [-0.3, -0.25) is 9.36 Å². The quantitative estimate of drug-likeness (QED) is 0.558. The fourth-order valence-electron chi connectivity index (χ4n) is 5.18. The summed E-state index contributed by atoms with van der Waals surface area (Å²) < 4.78 is 9.96. The van der Waals surface area contributed by atoms with Gasteiger partial charge in [-0.15, -0.1) is 0 Å². The molecule has 0 bridgehead atoms. The van der Waals surface area contributed by atoms with Gasteiger partial charge in [-0.05, 0) is 49.6 Å². The average Bonchev–Trinajstić information content (AvgIpc) is 3.10. The van der Waals surface area contributed by atoms with Crippen LogP contribution in [0.1, 0.15) is 57.2 Å². The van der Waals surface area contributed by atoms with Crippen molar-refractivity contribution >= 4 is 10.9 Å². The maximum Gasteiger partial charge on any atom is 0.258 e. The van der Waals surface area contributed by atoms with Crippen LogP contribution in [0.5, 0.6) is 5.75 Å². The van der Waals surface area contributed by atoms with Crippen molar-refractivity contribution in [3.63, 3.8) is 0 Å². The molecule has 32 heavy (non-hydrogen) atoms. The van der Waals surface area contributed by atoms with Gasteiger partial charge in [0.05, 0.1) is 17.8 Å². The second-order valence-corrected chi connectivity index (χ2v) is 9.06. The molecule has 5 nitrogen and oxygen atoms in total. The molecule has 1 aliphatic carbocycles. The number of benzene rings is 1. The van der Waals surface area contributed by atoms with E-state index in [0.717, 1.165) is 31.8 Å². The van der Waals surface area contributed by atoms with Crippen molar-refractivity contribution in [3.05, 3.63) is 58.1 Å². The Balaban J connectivity index is 0.00000119. The summed E-state index contributed by atoms with van der Waals surface area (Å²) in [6.45, 7) is 6.80.